The normalized spacial score (nSPS) is 10.8. The molecule has 0 aliphatic heterocycles. The predicted octanol–water partition coefficient (Wildman–Crippen LogP) is 5.71. The minimum Gasteiger partial charge on any atom is -0.444 e. The van der Waals surface area contributed by atoms with Crippen molar-refractivity contribution in [1.29, 1.82) is 0 Å². The van der Waals surface area contributed by atoms with Crippen molar-refractivity contribution >= 4 is 38.9 Å². The number of amides is 1. The SMILES string of the molecule is O=C(Nc1ccc(N=Nc2ccccc2)cc1)c1ccc(Br)o1. The average molecular weight is 370 g/mol. The lowest BCUT2D eigenvalue weighted by Crippen LogP contribution is -2.10. The molecule has 3 aromatic rings. The van der Waals surface area contributed by atoms with E-state index in [2.05, 4.69) is 31.5 Å². The maximum absolute atomic E-state index is 12.0. The zero-order chi connectivity index (χ0) is 16.1. The molecule has 1 N–H and O–H groups in total. The number of nitrogens with zero attached hydrogens (tertiary/aromatic N) is 2. The van der Waals surface area contributed by atoms with Crippen LogP contribution in [0.25, 0.3) is 0 Å². The molecule has 0 saturated heterocycles. The van der Waals surface area contributed by atoms with Crippen LogP contribution in [0.5, 0.6) is 0 Å². The van der Waals surface area contributed by atoms with E-state index in [4.69, 9.17) is 4.42 Å². The second-order valence-corrected chi connectivity index (χ2v) is 5.42. The molecular weight excluding hydrogens is 358 g/mol. The molecule has 6 heteroatoms. The fourth-order valence-electron chi connectivity index (χ4n) is 1.85. The molecule has 1 heterocycles. The first-order valence-electron chi connectivity index (χ1n) is 6.84. The highest BCUT2D eigenvalue weighted by atomic mass is 79.9. The highest BCUT2D eigenvalue weighted by Gasteiger charge is 2.10. The van der Waals surface area contributed by atoms with Gasteiger partial charge in [-0.25, -0.2) is 0 Å². The van der Waals surface area contributed by atoms with Gasteiger partial charge in [-0.15, -0.1) is 0 Å². The van der Waals surface area contributed by atoms with E-state index in [1.54, 1.807) is 36.4 Å². The molecule has 0 bridgehead atoms. The monoisotopic (exact) mass is 369 g/mol. The van der Waals surface area contributed by atoms with Crippen LogP contribution in [0.3, 0.4) is 0 Å². The van der Waals surface area contributed by atoms with Gasteiger partial charge in [0.15, 0.2) is 10.4 Å². The number of benzene rings is 2. The van der Waals surface area contributed by atoms with Crippen molar-refractivity contribution in [2.75, 3.05) is 5.32 Å². The highest BCUT2D eigenvalue weighted by molar-refractivity contribution is 9.10. The third kappa shape index (κ3) is 4.14. The van der Waals surface area contributed by atoms with E-state index in [-0.39, 0.29) is 11.7 Å². The van der Waals surface area contributed by atoms with Crippen molar-refractivity contribution in [2.24, 2.45) is 10.2 Å². The zero-order valence-corrected chi connectivity index (χ0v) is 13.5. The summed E-state index contributed by atoms with van der Waals surface area (Å²) in [6.45, 7) is 0. The second-order valence-electron chi connectivity index (χ2n) is 4.64. The summed E-state index contributed by atoms with van der Waals surface area (Å²) in [5.41, 5.74) is 2.14. The summed E-state index contributed by atoms with van der Waals surface area (Å²) >= 11 is 3.16. The summed E-state index contributed by atoms with van der Waals surface area (Å²) in [4.78, 5) is 12.0. The van der Waals surface area contributed by atoms with E-state index in [0.29, 0.717) is 16.0 Å². The van der Waals surface area contributed by atoms with Crippen LogP contribution in [0.15, 0.2) is 86.0 Å². The van der Waals surface area contributed by atoms with Gasteiger partial charge in [-0.1, -0.05) is 18.2 Å². The van der Waals surface area contributed by atoms with Crippen LogP contribution in [0.1, 0.15) is 10.6 Å². The first-order chi connectivity index (χ1) is 11.2. The van der Waals surface area contributed by atoms with E-state index >= 15 is 0 Å². The van der Waals surface area contributed by atoms with Gasteiger partial charge in [-0.05, 0) is 64.5 Å². The summed E-state index contributed by atoms with van der Waals surface area (Å²) < 4.78 is 5.71. The minimum atomic E-state index is -0.311. The van der Waals surface area contributed by atoms with Gasteiger partial charge in [-0.3, -0.25) is 4.79 Å². The molecule has 0 unspecified atom stereocenters. The topological polar surface area (TPSA) is 67.0 Å². The lowest BCUT2D eigenvalue weighted by molar-refractivity contribution is 0.0995. The van der Waals surface area contributed by atoms with Crippen molar-refractivity contribution in [3.05, 3.63) is 77.2 Å². The third-order valence-corrected chi connectivity index (χ3v) is 3.39. The van der Waals surface area contributed by atoms with Gasteiger partial charge >= 0.3 is 0 Å². The van der Waals surface area contributed by atoms with Crippen LogP contribution < -0.4 is 5.32 Å². The molecule has 3 rings (SSSR count). The third-order valence-electron chi connectivity index (χ3n) is 2.96. The summed E-state index contributed by atoms with van der Waals surface area (Å²) in [6.07, 6.45) is 0. The number of hydrogen-bond acceptors (Lipinski definition) is 4. The molecule has 1 amide bonds. The molecule has 2 aromatic carbocycles. The molecule has 0 radical (unpaired) electrons. The Bertz CT molecular complexity index is 827. The Hall–Kier alpha value is -2.73. The number of halogens is 1. The number of furan rings is 1. The van der Waals surface area contributed by atoms with Gasteiger partial charge in [0.2, 0.25) is 0 Å². The van der Waals surface area contributed by atoms with Crippen molar-refractivity contribution in [3.63, 3.8) is 0 Å². The largest absolute Gasteiger partial charge is 0.444 e. The Labute approximate surface area is 141 Å². The number of carbonyl (C=O) groups is 1. The highest BCUT2D eigenvalue weighted by Crippen LogP contribution is 2.21. The van der Waals surface area contributed by atoms with Crippen LogP contribution in [0.2, 0.25) is 0 Å². The fourth-order valence-corrected chi connectivity index (χ4v) is 2.16. The van der Waals surface area contributed by atoms with E-state index < -0.39 is 0 Å². The van der Waals surface area contributed by atoms with Crippen LogP contribution in [-0.2, 0) is 0 Å². The van der Waals surface area contributed by atoms with Crippen LogP contribution in [0, 0.1) is 0 Å². The van der Waals surface area contributed by atoms with Crippen molar-refractivity contribution in [3.8, 4) is 0 Å². The quantitative estimate of drug-likeness (QED) is 0.598. The van der Waals surface area contributed by atoms with Gasteiger partial charge in [0.25, 0.3) is 5.91 Å². The van der Waals surface area contributed by atoms with Gasteiger partial charge in [0.05, 0.1) is 11.4 Å². The molecule has 0 aliphatic rings. The van der Waals surface area contributed by atoms with E-state index in [0.717, 1.165) is 5.69 Å². The van der Waals surface area contributed by atoms with Crippen LogP contribution >= 0.6 is 15.9 Å². The molecule has 0 saturated carbocycles. The maximum Gasteiger partial charge on any atom is 0.291 e. The number of nitrogens with one attached hydrogen (secondary N) is 1. The van der Waals surface area contributed by atoms with Crippen LogP contribution in [0.4, 0.5) is 17.1 Å². The Morgan fingerprint density at radius 2 is 1.52 bits per heavy atom. The van der Waals surface area contributed by atoms with Gasteiger partial charge in [0, 0.05) is 5.69 Å². The van der Waals surface area contributed by atoms with Crippen molar-refractivity contribution in [1.82, 2.24) is 0 Å². The van der Waals surface area contributed by atoms with E-state index in [1.165, 1.54) is 0 Å². The number of hydrogen-bond donors (Lipinski definition) is 1. The molecule has 114 valence electrons. The van der Waals surface area contributed by atoms with Gasteiger partial charge < -0.3 is 9.73 Å². The molecule has 5 nitrogen and oxygen atoms in total. The van der Waals surface area contributed by atoms with E-state index in [1.807, 2.05) is 30.3 Å². The molecule has 23 heavy (non-hydrogen) atoms. The number of azo groups is 1. The minimum absolute atomic E-state index is 0.240. The average Bonchev–Trinajstić information content (AvgIpc) is 3.02. The standard InChI is InChI=1S/C17H12BrN3O2/c18-16-11-10-15(23-16)17(22)19-12-6-8-14(9-7-12)21-20-13-4-2-1-3-5-13/h1-11H,(H,19,22). The molecule has 0 aliphatic carbocycles. The zero-order valence-electron chi connectivity index (χ0n) is 11.9. The Morgan fingerprint density at radius 1 is 0.870 bits per heavy atom. The number of carbonyl (C=O) groups excluding carboxylic acids is 1. The summed E-state index contributed by atoms with van der Waals surface area (Å²) in [5, 5.41) is 11.0. The number of anilines is 1. The lowest BCUT2D eigenvalue weighted by Gasteiger charge is -2.03. The summed E-state index contributed by atoms with van der Waals surface area (Å²) in [5.74, 6) is -0.0703. The summed E-state index contributed by atoms with van der Waals surface area (Å²) in [7, 11) is 0. The Morgan fingerprint density at radius 3 is 2.13 bits per heavy atom. The smallest absolute Gasteiger partial charge is 0.291 e. The first kappa shape index (κ1) is 15.2. The van der Waals surface area contributed by atoms with Gasteiger partial charge in [0.1, 0.15) is 0 Å². The predicted molar refractivity (Wildman–Crippen MR) is 91.4 cm³/mol. The molecule has 1 aromatic heterocycles. The Kier molecular flexibility index (Phi) is 4.63. The maximum atomic E-state index is 12.0. The fraction of sp³-hybridized carbons (Fsp3) is 0. The van der Waals surface area contributed by atoms with Crippen molar-refractivity contribution in [2.45, 2.75) is 0 Å². The molecule has 0 atom stereocenters. The van der Waals surface area contributed by atoms with Crippen molar-refractivity contribution < 1.29 is 9.21 Å². The summed E-state index contributed by atoms with van der Waals surface area (Å²) in [6, 6.07) is 19.8. The lowest BCUT2D eigenvalue weighted by atomic mass is 10.3. The second kappa shape index (κ2) is 7.02. The van der Waals surface area contributed by atoms with Gasteiger partial charge in [-0.2, -0.15) is 10.2 Å². The number of rotatable bonds is 4. The Balaban J connectivity index is 1.65. The van der Waals surface area contributed by atoms with Crippen LogP contribution in [-0.4, -0.2) is 5.91 Å². The molecule has 0 spiro atoms. The molecular formula is C17H12BrN3O2. The van der Waals surface area contributed by atoms with E-state index in [9.17, 15) is 4.79 Å². The molecule has 0 fully saturated rings. The first-order valence-corrected chi connectivity index (χ1v) is 7.63.